The Morgan fingerprint density at radius 1 is 1.17 bits per heavy atom. The Morgan fingerprint density at radius 3 is 2.60 bits per heavy atom. The van der Waals surface area contributed by atoms with Crippen LogP contribution in [0.3, 0.4) is 0 Å². The van der Waals surface area contributed by atoms with E-state index in [9.17, 15) is 5.11 Å². The highest BCUT2D eigenvalue weighted by Gasteiger charge is 2.27. The molecule has 2 aromatic rings. The van der Waals surface area contributed by atoms with Gasteiger partial charge < -0.3 is 34.1 Å². The van der Waals surface area contributed by atoms with Gasteiger partial charge in [-0.25, -0.2) is 4.98 Å². The smallest absolute Gasteiger partial charge is 0.203 e. The van der Waals surface area contributed by atoms with Crippen LogP contribution in [-0.2, 0) is 0 Å². The molecule has 9 nitrogen and oxygen atoms in total. The maximum Gasteiger partial charge on any atom is 0.203 e. The molecule has 4 rings (SSSR count). The summed E-state index contributed by atoms with van der Waals surface area (Å²) in [5.41, 5.74) is 1.81. The van der Waals surface area contributed by atoms with Gasteiger partial charge in [0.1, 0.15) is 18.0 Å². The highest BCUT2D eigenvalue weighted by atomic mass is 16.5. The van der Waals surface area contributed by atoms with Crippen molar-refractivity contribution in [3.05, 3.63) is 36.4 Å². The van der Waals surface area contributed by atoms with Gasteiger partial charge in [-0.15, -0.1) is 0 Å². The van der Waals surface area contributed by atoms with E-state index in [1.54, 1.807) is 27.7 Å². The quantitative estimate of drug-likeness (QED) is 0.718. The maximum atomic E-state index is 9.55. The predicted octanol–water partition coefficient (Wildman–Crippen LogP) is 2.06. The van der Waals surface area contributed by atoms with E-state index < -0.39 is 0 Å². The van der Waals surface area contributed by atoms with Gasteiger partial charge in [-0.2, -0.15) is 0 Å². The summed E-state index contributed by atoms with van der Waals surface area (Å²) in [6.07, 6.45) is 7.74. The largest absolute Gasteiger partial charge is 0.493 e. The molecular formula is C21H27N5O4. The molecular weight excluding hydrogens is 386 g/mol. The van der Waals surface area contributed by atoms with Gasteiger partial charge in [0, 0.05) is 30.5 Å². The van der Waals surface area contributed by atoms with Crippen molar-refractivity contribution in [1.29, 1.82) is 0 Å². The molecule has 1 aromatic heterocycles. The van der Waals surface area contributed by atoms with Crippen molar-refractivity contribution in [1.82, 2.24) is 14.5 Å². The number of rotatable bonds is 7. The number of hydrogen-bond acceptors (Lipinski definition) is 8. The van der Waals surface area contributed by atoms with Gasteiger partial charge in [-0.1, -0.05) is 0 Å². The molecule has 1 unspecified atom stereocenters. The average Bonchev–Trinajstić information content (AvgIpc) is 3.53. The second kappa shape index (κ2) is 8.66. The standard InChI is InChI=1S/C21H27N5O4/c1-28-17-8-16(9-18(29-2)21(17)30-3)25-11-19(23-13-25)24-14-7-20(22-10-14)26-6-4-5-15(26)12-27/h7-9,11,13,15,24,27H,4-6,10,12H2,1-3H3. The fraction of sp³-hybridized carbons (Fsp3) is 0.429. The molecule has 2 aliphatic rings. The van der Waals surface area contributed by atoms with Crippen LogP contribution >= 0.6 is 0 Å². The molecule has 0 spiro atoms. The minimum absolute atomic E-state index is 0.162. The van der Waals surface area contributed by atoms with Crippen molar-refractivity contribution < 1.29 is 19.3 Å². The second-order valence-corrected chi connectivity index (χ2v) is 7.19. The number of benzene rings is 1. The third-order valence-corrected chi connectivity index (χ3v) is 5.42. The number of hydrogen-bond donors (Lipinski definition) is 2. The average molecular weight is 413 g/mol. The van der Waals surface area contributed by atoms with Crippen molar-refractivity contribution in [3.63, 3.8) is 0 Å². The molecule has 160 valence electrons. The minimum Gasteiger partial charge on any atom is -0.493 e. The molecule has 2 N–H and O–H groups in total. The van der Waals surface area contributed by atoms with Gasteiger partial charge in [0.2, 0.25) is 5.75 Å². The molecule has 1 atom stereocenters. The van der Waals surface area contributed by atoms with E-state index in [0.717, 1.165) is 36.6 Å². The zero-order chi connectivity index (χ0) is 21.1. The van der Waals surface area contributed by atoms with E-state index in [1.165, 1.54) is 0 Å². The Hall–Kier alpha value is -3.20. The lowest BCUT2D eigenvalue weighted by Crippen LogP contribution is -2.36. The number of ether oxygens (including phenoxy) is 3. The number of imidazole rings is 1. The van der Waals surface area contributed by atoms with E-state index in [2.05, 4.69) is 20.2 Å². The van der Waals surface area contributed by atoms with Crippen LogP contribution in [0.15, 0.2) is 41.4 Å². The highest BCUT2D eigenvalue weighted by molar-refractivity contribution is 5.96. The monoisotopic (exact) mass is 413 g/mol. The molecule has 9 heteroatoms. The van der Waals surface area contributed by atoms with E-state index in [4.69, 9.17) is 14.2 Å². The lowest BCUT2D eigenvalue weighted by atomic mass is 10.2. The molecule has 0 bridgehead atoms. The van der Waals surface area contributed by atoms with Gasteiger partial charge in [0.25, 0.3) is 0 Å². The molecule has 0 aliphatic carbocycles. The van der Waals surface area contributed by atoms with Crippen LogP contribution in [0.1, 0.15) is 12.8 Å². The van der Waals surface area contributed by atoms with Crippen LogP contribution in [0.4, 0.5) is 5.82 Å². The Bertz CT molecular complexity index is 943. The Kier molecular flexibility index (Phi) is 5.80. The number of methoxy groups -OCH3 is 3. The van der Waals surface area contributed by atoms with Crippen LogP contribution < -0.4 is 19.5 Å². The molecule has 2 aliphatic heterocycles. The maximum absolute atomic E-state index is 9.55. The molecule has 1 aromatic carbocycles. The third-order valence-electron chi connectivity index (χ3n) is 5.42. The topological polar surface area (TPSA) is 93.4 Å². The number of aliphatic hydroxyl groups is 1. The predicted molar refractivity (Wildman–Crippen MR) is 114 cm³/mol. The van der Waals surface area contributed by atoms with Gasteiger partial charge in [-0.3, -0.25) is 4.99 Å². The fourth-order valence-corrected chi connectivity index (χ4v) is 3.90. The summed E-state index contributed by atoms with van der Waals surface area (Å²) >= 11 is 0. The first kappa shape index (κ1) is 20.1. The fourth-order valence-electron chi connectivity index (χ4n) is 3.90. The van der Waals surface area contributed by atoms with Crippen molar-refractivity contribution in [2.24, 2.45) is 4.99 Å². The summed E-state index contributed by atoms with van der Waals surface area (Å²) in [5.74, 6) is 3.35. The number of aliphatic imine (C=N–C) groups is 1. The zero-order valence-corrected chi connectivity index (χ0v) is 17.5. The Balaban J connectivity index is 1.50. The summed E-state index contributed by atoms with van der Waals surface area (Å²) in [4.78, 5) is 11.3. The van der Waals surface area contributed by atoms with Crippen molar-refractivity contribution in [2.45, 2.75) is 18.9 Å². The molecule has 1 saturated heterocycles. The number of amidine groups is 1. The molecule has 0 radical (unpaired) electrons. The Morgan fingerprint density at radius 2 is 1.93 bits per heavy atom. The van der Waals surface area contributed by atoms with Crippen LogP contribution in [0.25, 0.3) is 5.69 Å². The van der Waals surface area contributed by atoms with Gasteiger partial charge >= 0.3 is 0 Å². The number of aliphatic hydroxyl groups excluding tert-OH is 1. The molecule has 0 saturated carbocycles. The lowest BCUT2D eigenvalue weighted by Gasteiger charge is -2.23. The number of anilines is 1. The van der Waals surface area contributed by atoms with Gasteiger partial charge in [0.05, 0.1) is 52.4 Å². The molecule has 3 heterocycles. The lowest BCUT2D eigenvalue weighted by molar-refractivity contribution is 0.209. The van der Waals surface area contributed by atoms with Crippen molar-refractivity contribution in [2.75, 3.05) is 46.3 Å². The second-order valence-electron chi connectivity index (χ2n) is 7.19. The van der Waals surface area contributed by atoms with Crippen molar-refractivity contribution >= 4 is 11.7 Å². The summed E-state index contributed by atoms with van der Waals surface area (Å²) < 4.78 is 18.1. The number of likely N-dealkylation sites (tertiary alicyclic amines) is 1. The van der Waals surface area contributed by atoms with E-state index in [0.29, 0.717) is 29.6 Å². The first-order chi connectivity index (χ1) is 14.7. The SMILES string of the molecule is COc1cc(-n2cnc(NC3=CC(N4CCCC4CO)=NC3)c2)cc(OC)c1OC. The number of nitrogens with zero attached hydrogens (tertiary/aromatic N) is 4. The molecule has 0 amide bonds. The van der Waals surface area contributed by atoms with Gasteiger partial charge in [-0.05, 0) is 12.8 Å². The summed E-state index contributed by atoms with van der Waals surface area (Å²) in [5, 5.41) is 12.9. The normalized spacial score (nSPS) is 18.3. The summed E-state index contributed by atoms with van der Waals surface area (Å²) in [6.45, 7) is 1.67. The van der Waals surface area contributed by atoms with E-state index in [1.807, 2.05) is 29.0 Å². The van der Waals surface area contributed by atoms with E-state index in [-0.39, 0.29) is 12.6 Å². The first-order valence-corrected chi connectivity index (χ1v) is 9.90. The van der Waals surface area contributed by atoms with E-state index >= 15 is 0 Å². The van der Waals surface area contributed by atoms with Gasteiger partial charge in [0.15, 0.2) is 11.5 Å². The van der Waals surface area contributed by atoms with Crippen molar-refractivity contribution in [3.8, 4) is 22.9 Å². The first-order valence-electron chi connectivity index (χ1n) is 9.90. The molecule has 30 heavy (non-hydrogen) atoms. The van der Waals surface area contributed by atoms with Crippen LogP contribution in [-0.4, -0.2) is 72.5 Å². The summed E-state index contributed by atoms with van der Waals surface area (Å²) in [6, 6.07) is 3.90. The van der Waals surface area contributed by atoms with Crippen LogP contribution in [0, 0.1) is 0 Å². The highest BCUT2D eigenvalue weighted by Crippen LogP contribution is 2.39. The Labute approximate surface area is 175 Å². The number of nitrogens with one attached hydrogen (secondary N) is 1. The summed E-state index contributed by atoms with van der Waals surface area (Å²) in [7, 11) is 4.76. The molecule has 1 fully saturated rings. The number of aromatic nitrogens is 2. The third kappa shape index (κ3) is 3.80. The van der Waals surface area contributed by atoms with Crippen LogP contribution in [0.5, 0.6) is 17.2 Å². The minimum atomic E-state index is 0.162. The van der Waals surface area contributed by atoms with Crippen LogP contribution in [0.2, 0.25) is 0 Å². The zero-order valence-electron chi connectivity index (χ0n) is 17.5.